The van der Waals surface area contributed by atoms with Gasteiger partial charge in [0.25, 0.3) is 0 Å². The quantitative estimate of drug-likeness (QED) is 0.111. The number of hydrogen-bond donors (Lipinski definition) is 0. The summed E-state index contributed by atoms with van der Waals surface area (Å²) in [6.07, 6.45) is 9.26. The highest BCUT2D eigenvalue weighted by Crippen LogP contribution is 2.58. The van der Waals surface area contributed by atoms with Gasteiger partial charge in [0.05, 0.1) is 22.7 Å². The Balaban J connectivity index is 0.590. The van der Waals surface area contributed by atoms with Crippen LogP contribution in [0.4, 0.5) is 34.1 Å². The molecule has 1 atom stereocenters. The van der Waals surface area contributed by atoms with Gasteiger partial charge in [-0.25, -0.2) is 0 Å². The Morgan fingerprint density at radius 3 is 1.30 bits per heavy atom. The van der Waals surface area contributed by atoms with Gasteiger partial charge in [-0.05, 0) is 205 Å². The van der Waals surface area contributed by atoms with Crippen LogP contribution >= 0.6 is 0 Å². The molecule has 0 amide bonds. The number of hydrogen-bond acceptors (Lipinski definition) is 2. The summed E-state index contributed by atoms with van der Waals surface area (Å²) >= 11 is 0. The molecule has 0 aromatic heterocycles. The van der Waals surface area contributed by atoms with E-state index in [2.05, 4.69) is 366 Å². The summed E-state index contributed by atoms with van der Waals surface area (Å²) in [5.74, 6) is 0. The van der Waals surface area contributed by atoms with Gasteiger partial charge in [-0.1, -0.05) is 289 Å². The second-order valence-electron chi connectivity index (χ2n) is 28.9. The van der Waals surface area contributed by atoms with Crippen molar-refractivity contribution in [1.82, 2.24) is 0 Å². The monoisotopic (exact) mass is 1250 g/mol. The van der Waals surface area contributed by atoms with E-state index >= 15 is 0 Å². The molecular weight excluding hydrogens is 1180 g/mol. The molecule has 1 aliphatic heterocycles. The van der Waals surface area contributed by atoms with E-state index in [-0.39, 0.29) is 16.2 Å². The molecule has 462 valence electrons. The molecule has 4 bridgehead atoms. The predicted octanol–water partition coefficient (Wildman–Crippen LogP) is 26.1. The largest absolute Gasteiger partial charge is 0.309 e. The number of fused-ring (bicyclic) bond motifs is 19. The van der Waals surface area contributed by atoms with Crippen molar-refractivity contribution in [1.29, 1.82) is 0 Å². The molecule has 3 aliphatic carbocycles. The minimum atomic E-state index is -0.388. The summed E-state index contributed by atoms with van der Waals surface area (Å²) in [6.45, 7) is 12.1. The van der Waals surface area contributed by atoms with E-state index in [0.29, 0.717) is 0 Å². The normalized spacial score (nSPS) is 15.7. The average Bonchev–Trinajstić information content (AvgIpc) is 1.58. The van der Waals surface area contributed by atoms with E-state index in [0.717, 1.165) is 11.4 Å². The van der Waals surface area contributed by atoms with Crippen molar-refractivity contribution in [2.45, 2.75) is 50.9 Å². The molecule has 98 heavy (non-hydrogen) atoms. The number of rotatable bonds is 8. The van der Waals surface area contributed by atoms with Crippen molar-refractivity contribution in [2.24, 2.45) is 0 Å². The predicted molar refractivity (Wildman–Crippen MR) is 418 cm³/mol. The number of benzene rings is 16. The minimum Gasteiger partial charge on any atom is -0.309 e. The van der Waals surface area contributed by atoms with Gasteiger partial charge in [0.1, 0.15) is 0 Å². The summed E-state index contributed by atoms with van der Waals surface area (Å²) in [5.41, 5.74) is 28.3. The maximum absolute atomic E-state index is 2.52. The molecule has 1 unspecified atom stereocenters. The van der Waals surface area contributed by atoms with Crippen molar-refractivity contribution in [3.63, 3.8) is 0 Å². The van der Waals surface area contributed by atoms with Crippen LogP contribution in [-0.2, 0) is 16.2 Å². The molecule has 0 saturated heterocycles. The highest BCUT2D eigenvalue weighted by molar-refractivity contribution is 6.18. The first-order chi connectivity index (χ1) is 47.9. The Labute approximate surface area is 572 Å². The van der Waals surface area contributed by atoms with Gasteiger partial charge in [0.15, 0.2) is 0 Å². The molecule has 1 heterocycles. The van der Waals surface area contributed by atoms with Crippen LogP contribution in [0.3, 0.4) is 0 Å². The highest BCUT2D eigenvalue weighted by Gasteiger charge is 2.43. The molecule has 0 saturated carbocycles. The average molecular weight is 1250 g/mol. The first kappa shape index (κ1) is 56.5. The lowest BCUT2D eigenvalue weighted by atomic mass is 9.73. The van der Waals surface area contributed by atoms with E-state index in [9.17, 15) is 0 Å². The number of nitrogens with zero attached hydrogens (tertiary/aromatic N) is 2. The van der Waals surface area contributed by atoms with E-state index in [1.54, 1.807) is 0 Å². The summed E-state index contributed by atoms with van der Waals surface area (Å²) in [7, 11) is 0. The zero-order valence-corrected chi connectivity index (χ0v) is 55.5. The summed E-state index contributed by atoms with van der Waals surface area (Å²) < 4.78 is 0. The molecular formula is C96H68N2. The Kier molecular flexibility index (Phi) is 12.0. The lowest BCUT2D eigenvalue weighted by Gasteiger charge is -2.30. The molecule has 2 heteroatoms. The maximum Gasteiger partial charge on any atom is 0.0546 e. The molecule has 0 fully saturated rings. The van der Waals surface area contributed by atoms with E-state index in [1.807, 2.05) is 0 Å². The summed E-state index contributed by atoms with van der Waals surface area (Å²) in [4.78, 5) is 5.04. The Bertz CT molecular complexity index is 6220. The topological polar surface area (TPSA) is 6.48 Å². The third-order valence-corrected chi connectivity index (χ3v) is 22.9. The zero-order valence-electron chi connectivity index (χ0n) is 55.5. The van der Waals surface area contributed by atoms with Crippen LogP contribution in [0.1, 0.15) is 95.8 Å². The van der Waals surface area contributed by atoms with Crippen LogP contribution in [0, 0.1) is 0 Å². The molecule has 0 N–H and O–H groups in total. The zero-order chi connectivity index (χ0) is 65.3. The first-order valence-electron chi connectivity index (χ1n) is 34.6. The van der Waals surface area contributed by atoms with Gasteiger partial charge in [-0.15, -0.1) is 0 Å². The van der Waals surface area contributed by atoms with Crippen molar-refractivity contribution in [2.75, 3.05) is 9.80 Å². The molecule has 16 aromatic rings. The second-order valence-corrected chi connectivity index (χ2v) is 28.9. The lowest BCUT2D eigenvalue weighted by molar-refractivity contribution is 0.660. The van der Waals surface area contributed by atoms with Crippen LogP contribution in [0.25, 0.3) is 122 Å². The molecule has 4 aliphatic rings. The van der Waals surface area contributed by atoms with Crippen LogP contribution < -0.4 is 9.80 Å². The summed E-state index contributed by atoms with van der Waals surface area (Å²) in [6, 6.07) is 113. The minimum absolute atomic E-state index is 0.189. The van der Waals surface area contributed by atoms with Crippen molar-refractivity contribution in [3.8, 4) is 33.4 Å². The summed E-state index contributed by atoms with van der Waals surface area (Å²) in [5, 5.41) is 14.9. The standard InChI is InChI=1S/C96H68N2/c1-94(2)84-50-59(32-33-60-38-46-77-78-48-42-68(57-87(78)95(3,4)86(77)52-60)97(90-30-16-21-63-18-6-11-25-72(63)90)92-54-65-19-7-9-23-70(65)73-26-12-14-28-81(73)92)36-44-75(84)76-45-37-61(51-85(76)94)34-35-62-39-47-79-80-49-43-69-58-89(80)96(5,88(79)53-62)67-41-40-64-22-17-31-91(83(64)56-67)98(69)93-55-66-20-8-10-24-71(66)74-27-13-15-29-82(74)93/h6-58H,1-5H3/b33-32+,35-34+. The fourth-order valence-corrected chi connectivity index (χ4v) is 17.9. The van der Waals surface area contributed by atoms with Crippen molar-refractivity contribution < 1.29 is 0 Å². The van der Waals surface area contributed by atoms with Gasteiger partial charge in [-0.2, -0.15) is 0 Å². The van der Waals surface area contributed by atoms with Crippen LogP contribution in [0.2, 0.25) is 0 Å². The van der Waals surface area contributed by atoms with Gasteiger partial charge in [0.2, 0.25) is 0 Å². The Morgan fingerprint density at radius 2 is 0.694 bits per heavy atom. The molecule has 16 aromatic carbocycles. The molecule has 20 rings (SSSR count). The Morgan fingerprint density at radius 1 is 0.265 bits per heavy atom. The second kappa shape index (κ2) is 20.8. The van der Waals surface area contributed by atoms with E-state index < -0.39 is 0 Å². The lowest BCUT2D eigenvalue weighted by Crippen LogP contribution is -2.22. The first-order valence-corrected chi connectivity index (χ1v) is 34.6. The third kappa shape index (κ3) is 8.22. The van der Waals surface area contributed by atoms with Crippen molar-refractivity contribution >= 4 is 123 Å². The van der Waals surface area contributed by atoms with E-state index in [1.165, 1.54) is 182 Å². The maximum atomic E-state index is 2.52. The van der Waals surface area contributed by atoms with Crippen LogP contribution in [0.15, 0.2) is 297 Å². The van der Waals surface area contributed by atoms with E-state index in [4.69, 9.17) is 0 Å². The van der Waals surface area contributed by atoms with Crippen LogP contribution in [-0.4, -0.2) is 0 Å². The van der Waals surface area contributed by atoms with Gasteiger partial charge in [0, 0.05) is 49.2 Å². The van der Waals surface area contributed by atoms with Gasteiger partial charge in [-0.3, -0.25) is 0 Å². The Hall–Kier alpha value is -11.8. The number of anilines is 6. The molecule has 0 spiro atoms. The van der Waals surface area contributed by atoms with Gasteiger partial charge < -0.3 is 9.80 Å². The van der Waals surface area contributed by atoms with Crippen LogP contribution in [0.5, 0.6) is 0 Å². The van der Waals surface area contributed by atoms with Crippen molar-refractivity contribution in [3.05, 3.63) is 358 Å². The fourth-order valence-electron chi connectivity index (χ4n) is 17.9. The fraction of sp³-hybridized carbons (Fsp3) is 0.0833. The molecule has 2 nitrogen and oxygen atoms in total. The third-order valence-electron chi connectivity index (χ3n) is 22.9. The molecule has 0 radical (unpaired) electrons. The highest BCUT2D eigenvalue weighted by atomic mass is 15.2. The van der Waals surface area contributed by atoms with Gasteiger partial charge >= 0.3 is 0 Å². The smallest absolute Gasteiger partial charge is 0.0546 e. The SMILES string of the molecule is CC1(C)c2cc(/C=C/c3ccc4c(c3)C(C)(C)c3cc(N(c5cccc6ccccc56)c5cc6ccccc6c6ccccc56)ccc3-4)ccc2-c2ccc(/C=C/c3ccc4c(c3)C3(C)c5ccc6cccc(c6c5)N(c5cc6ccccc6c6ccccc56)c5ccc-4c3c5)cc21.